The molecule has 1 heteroatoms. The Morgan fingerprint density at radius 1 is 1.07 bits per heavy atom. The van der Waals surface area contributed by atoms with Crippen molar-refractivity contribution in [2.75, 3.05) is 6.54 Å². The third-order valence-corrected chi connectivity index (χ3v) is 3.28. The minimum atomic E-state index is 0.206. The summed E-state index contributed by atoms with van der Waals surface area (Å²) in [6, 6.07) is 10.8. The van der Waals surface area contributed by atoms with E-state index in [-0.39, 0.29) is 5.54 Å². The molecule has 1 aromatic carbocycles. The molecule has 0 bridgehead atoms. The van der Waals surface area contributed by atoms with E-state index < -0.39 is 0 Å². The Morgan fingerprint density at radius 3 is 2.64 bits per heavy atom. The summed E-state index contributed by atoms with van der Waals surface area (Å²) in [4.78, 5) is 0. The maximum absolute atomic E-state index is 3.67. The summed E-state index contributed by atoms with van der Waals surface area (Å²) in [6.07, 6.45) is 5.30. The van der Waals surface area contributed by atoms with Crippen LogP contribution in [0.15, 0.2) is 30.3 Å². The van der Waals surface area contributed by atoms with E-state index in [0.717, 1.165) is 6.54 Å². The number of hydrogen-bond donors (Lipinski definition) is 1. The van der Waals surface area contributed by atoms with Gasteiger partial charge >= 0.3 is 0 Å². The molecule has 1 aliphatic rings. The third kappa shape index (κ3) is 1.98. The summed E-state index contributed by atoms with van der Waals surface area (Å²) < 4.78 is 0. The van der Waals surface area contributed by atoms with Crippen molar-refractivity contribution in [1.82, 2.24) is 5.32 Å². The van der Waals surface area contributed by atoms with Crippen molar-refractivity contribution < 1.29 is 0 Å². The van der Waals surface area contributed by atoms with Crippen LogP contribution in [0, 0.1) is 0 Å². The minimum absolute atomic E-state index is 0.206. The van der Waals surface area contributed by atoms with Crippen molar-refractivity contribution in [1.29, 1.82) is 0 Å². The monoisotopic (exact) mass is 189 g/mol. The zero-order valence-corrected chi connectivity index (χ0v) is 8.92. The molecule has 1 heterocycles. The normalized spacial score (nSPS) is 28.4. The van der Waals surface area contributed by atoms with Crippen LogP contribution in [0.1, 0.15) is 38.2 Å². The summed E-state index contributed by atoms with van der Waals surface area (Å²) in [6.45, 7) is 3.49. The molecule has 0 aliphatic carbocycles. The van der Waals surface area contributed by atoms with Gasteiger partial charge in [0, 0.05) is 5.54 Å². The van der Waals surface area contributed by atoms with E-state index in [4.69, 9.17) is 0 Å². The van der Waals surface area contributed by atoms with E-state index in [1.807, 2.05) is 0 Å². The Bertz CT molecular complexity index is 271. The zero-order valence-electron chi connectivity index (χ0n) is 8.92. The van der Waals surface area contributed by atoms with Crippen LogP contribution in [0.25, 0.3) is 0 Å². The van der Waals surface area contributed by atoms with Gasteiger partial charge in [0.05, 0.1) is 0 Å². The van der Waals surface area contributed by atoms with Crippen molar-refractivity contribution in [3.8, 4) is 0 Å². The Hall–Kier alpha value is -0.820. The highest BCUT2D eigenvalue weighted by Gasteiger charge is 2.26. The molecule has 0 amide bonds. The molecule has 1 aliphatic heterocycles. The molecule has 1 N–H and O–H groups in total. The molecular weight excluding hydrogens is 170 g/mol. The number of nitrogens with one attached hydrogen (secondary N) is 1. The lowest BCUT2D eigenvalue weighted by molar-refractivity contribution is 0.359. The summed E-state index contributed by atoms with van der Waals surface area (Å²) in [7, 11) is 0. The second-order valence-corrected chi connectivity index (χ2v) is 4.44. The first-order valence-corrected chi connectivity index (χ1v) is 5.62. The van der Waals surface area contributed by atoms with Gasteiger partial charge in [-0.2, -0.15) is 0 Å². The molecule has 0 spiro atoms. The van der Waals surface area contributed by atoms with Gasteiger partial charge in [-0.05, 0) is 31.9 Å². The van der Waals surface area contributed by atoms with Crippen molar-refractivity contribution >= 4 is 0 Å². The van der Waals surface area contributed by atoms with Crippen molar-refractivity contribution in [3.63, 3.8) is 0 Å². The smallest absolute Gasteiger partial charge is 0.0406 e. The molecule has 0 radical (unpaired) electrons. The van der Waals surface area contributed by atoms with Crippen LogP contribution in [0.2, 0.25) is 0 Å². The second-order valence-electron chi connectivity index (χ2n) is 4.44. The maximum atomic E-state index is 3.67. The standard InChI is InChI=1S/C13H19N/c1-13(10-6-3-7-11-14-13)12-8-4-2-5-9-12/h2,4-5,8-9,14H,3,6-7,10-11H2,1H3. The Kier molecular flexibility index (Phi) is 2.87. The predicted octanol–water partition coefficient (Wildman–Crippen LogP) is 3.07. The van der Waals surface area contributed by atoms with Gasteiger partial charge in [0.2, 0.25) is 0 Å². The minimum Gasteiger partial charge on any atom is -0.308 e. The quantitative estimate of drug-likeness (QED) is 0.716. The highest BCUT2D eigenvalue weighted by Crippen LogP contribution is 2.28. The van der Waals surface area contributed by atoms with Gasteiger partial charge in [0.15, 0.2) is 0 Å². The highest BCUT2D eigenvalue weighted by molar-refractivity contribution is 5.23. The van der Waals surface area contributed by atoms with Crippen LogP contribution in [0.4, 0.5) is 0 Å². The van der Waals surface area contributed by atoms with Crippen molar-refractivity contribution in [2.45, 2.75) is 38.1 Å². The zero-order chi connectivity index (χ0) is 9.86. The van der Waals surface area contributed by atoms with Gasteiger partial charge in [-0.1, -0.05) is 43.2 Å². The molecule has 2 rings (SSSR count). The van der Waals surface area contributed by atoms with Crippen molar-refractivity contribution in [2.24, 2.45) is 0 Å². The van der Waals surface area contributed by atoms with E-state index >= 15 is 0 Å². The average Bonchev–Trinajstić information content (AvgIpc) is 2.46. The van der Waals surface area contributed by atoms with Crippen LogP contribution in [0.5, 0.6) is 0 Å². The topological polar surface area (TPSA) is 12.0 Å². The summed E-state index contributed by atoms with van der Waals surface area (Å²) >= 11 is 0. The molecule has 1 aromatic rings. The first-order valence-electron chi connectivity index (χ1n) is 5.62. The lowest BCUT2D eigenvalue weighted by Crippen LogP contribution is -2.38. The van der Waals surface area contributed by atoms with Gasteiger partial charge in [-0.15, -0.1) is 0 Å². The highest BCUT2D eigenvalue weighted by atomic mass is 15.0. The Morgan fingerprint density at radius 2 is 1.86 bits per heavy atom. The summed E-state index contributed by atoms with van der Waals surface area (Å²) in [5.74, 6) is 0. The molecule has 0 saturated carbocycles. The van der Waals surface area contributed by atoms with Gasteiger partial charge in [-0.3, -0.25) is 0 Å². The molecule has 1 unspecified atom stereocenters. The second kappa shape index (κ2) is 4.14. The fourth-order valence-electron chi connectivity index (χ4n) is 2.29. The summed E-state index contributed by atoms with van der Waals surface area (Å²) in [5, 5.41) is 3.67. The van der Waals surface area contributed by atoms with E-state index in [1.165, 1.54) is 31.2 Å². The van der Waals surface area contributed by atoms with Crippen LogP contribution in [0.3, 0.4) is 0 Å². The predicted molar refractivity (Wildman–Crippen MR) is 60.3 cm³/mol. The number of hydrogen-bond acceptors (Lipinski definition) is 1. The first kappa shape index (κ1) is 9.72. The molecule has 76 valence electrons. The van der Waals surface area contributed by atoms with Crippen molar-refractivity contribution in [3.05, 3.63) is 35.9 Å². The van der Waals surface area contributed by atoms with E-state index in [9.17, 15) is 0 Å². The Labute approximate surface area is 86.5 Å². The fourth-order valence-corrected chi connectivity index (χ4v) is 2.29. The maximum Gasteiger partial charge on any atom is 0.0406 e. The van der Waals surface area contributed by atoms with Gasteiger partial charge in [0.1, 0.15) is 0 Å². The molecule has 0 aromatic heterocycles. The van der Waals surface area contributed by atoms with Gasteiger partial charge in [-0.25, -0.2) is 0 Å². The van der Waals surface area contributed by atoms with E-state index in [2.05, 4.69) is 42.6 Å². The van der Waals surface area contributed by atoms with Gasteiger partial charge < -0.3 is 5.32 Å². The number of benzene rings is 1. The molecular formula is C13H19N. The lowest BCUT2D eigenvalue weighted by atomic mass is 9.88. The van der Waals surface area contributed by atoms with Crippen LogP contribution >= 0.6 is 0 Å². The van der Waals surface area contributed by atoms with E-state index in [0.29, 0.717) is 0 Å². The molecule has 14 heavy (non-hydrogen) atoms. The van der Waals surface area contributed by atoms with Gasteiger partial charge in [0.25, 0.3) is 0 Å². The molecule has 1 atom stereocenters. The molecule has 1 nitrogen and oxygen atoms in total. The van der Waals surface area contributed by atoms with E-state index in [1.54, 1.807) is 0 Å². The van der Waals surface area contributed by atoms with Crippen LogP contribution in [-0.2, 0) is 5.54 Å². The molecule has 1 saturated heterocycles. The summed E-state index contributed by atoms with van der Waals surface area (Å²) in [5.41, 5.74) is 1.64. The fraction of sp³-hybridized carbons (Fsp3) is 0.538. The third-order valence-electron chi connectivity index (χ3n) is 3.28. The molecule has 1 fully saturated rings. The Balaban J connectivity index is 2.21. The lowest BCUT2D eigenvalue weighted by Gasteiger charge is -2.30. The van der Waals surface area contributed by atoms with Crippen LogP contribution in [-0.4, -0.2) is 6.54 Å². The number of rotatable bonds is 1. The average molecular weight is 189 g/mol. The first-order chi connectivity index (χ1) is 6.81. The largest absolute Gasteiger partial charge is 0.308 e. The SMILES string of the molecule is CC1(c2ccccc2)CCCCCN1. The van der Waals surface area contributed by atoms with Crippen LogP contribution < -0.4 is 5.32 Å².